The van der Waals surface area contributed by atoms with Gasteiger partial charge >= 0.3 is 0 Å². The van der Waals surface area contributed by atoms with Gasteiger partial charge in [0, 0.05) is 45.0 Å². The first-order chi connectivity index (χ1) is 8.77. The van der Waals surface area contributed by atoms with Gasteiger partial charge in [0.2, 0.25) is 5.91 Å². The average Bonchev–Trinajstić information content (AvgIpc) is 2.81. The van der Waals surface area contributed by atoms with E-state index in [1.807, 2.05) is 22.7 Å². The molecule has 100 valence electrons. The molecule has 0 saturated carbocycles. The highest BCUT2D eigenvalue weighted by molar-refractivity contribution is 5.78. The van der Waals surface area contributed by atoms with Crippen LogP contribution in [0.5, 0.6) is 0 Å². The number of likely N-dealkylation sites (tertiary alicyclic amines) is 1. The van der Waals surface area contributed by atoms with Crippen LogP contribution in [0.3, 0.4) is 0 Å². The predicted octanol–water partition coefficient (Wildman–Crippen LogP) is 0.565. The highest BCUT2D eigenvalue weighted by Crippen LogP contribution is 2.08. The fourth-order valence-corrected chi connectivity index (χ4v) is 2.31. The second-order valence-electron chi connectivity index (χ2n) is 4.81. The van der Waals surface area contributed by atoms with Gasteiger partial charge in [-0.2, -0.15) is 5.10 Å². The summed E-state index contributed by atoms with van der Waals surface area (Å²) in [7, 11) is 1.94. The molecule has 0 aromatic carbocycles. The van der Waals surface area contributed by atoms with Crippen LogP contribution in [0.4, 0.5) is 0 Å². The minimum Gasteiger partial charge on any atom is -0.342 e. The number of carbonyl (C=O) groups excluding carboxylic acids is 1. The second kappa shape index (κ2) is 6.54. The van der Waals surface area contributed by atoms with E-state index in [0.29, 0.717) is 6.54 Å². The van der Waals surface area contributed by atoms with Gasteiger partial charge in [-0.15, -0.1) is 0 Å². The molecule has 1 saturated heterocycles. The van der Waals surface area contributed by atoms with Crippen LogP contribution in [0.2, 0.25) is 0 Å². The average molecular weight is 250 g/mol. The molecule has 0 radical (unpaired) electrons. The van der Waals surface area contributed by atoms with Gasteiger partial charge in [0.15, 0.2) is 0 Å². The summed E-state index contributed by atoms with van der Waals surface area (Å²) < 4.78 is 1.87. The minimum absolute atomic E-state index is 0.236. The second-order valence-corrected chi connectivity index (χ2v) is 4.81. The lowest BCUT2D eigenvalue weighted by Gasteiger charge is -2.26. The van der Waals surface area contributed by atoms with E-state index < -0.39 is 0 Å². The van der Waals surface area contributed by atoms with Crippen molar-refractivity contribution in [3.63, 3.8) is 0 Å². The molecular formula is C13H22N4O. The summed E-state index contributed by atoms with van der Waals surface area (Å²) in [5.74, 6) is 0.236. The first kappa shape index (κ1) is 13.1. The zero-order valence-electron chi connectivity index (χ0n) is 11.1. The molecule has 1 aromatic heterocycles. The molecule has 1 amide bonds. The standard InChI is InChI=1S/C13H22N4O/c1-16-12(6-8-15-16)5-7-14-11-13(18)17-9-3-2-4-10-17/h6,8,14H,2-5,7,9-11H2,1H3. The SMILES string of the molecule is Cn1nccc1CCNCC(=O)N1CCCCC1. The molecule has 0 unspecified atom stereocenters. The minimum atomic E-state index is 0.236. The van der Waals surface area contributed by atoms with Crippen LogP contribution in [0.1, 0.15) is 25.0 Å². The van der Waals surface area contributed by atoms with Crippen molar-refractivity contribution in [3.05, 3.63) is 18.0 Å². The van der Waals surface area contributed by atoms with Gasteiger partial charge in [-0.1, -0.05) is 0 Å². The Hall–Kier alpha value is -1.36. The third-order valence-electron chi connectivity index (χ3n) is 3.47. The molecule has 1 N–H and O–H groups in total. The summed E-state index contributed by atoms with van der Waals surface area (Å²) in [6.07, 6.45) is 6.28. The Balaban J connectivity index is 1.63. The topological polar surface area (TPSA) is 50.2 Å². The fourth-order valence-electron chi connectivity index (χ4n) is 2.31. The fraction of sp³-hybridized carbons (Fsp3) is 0.692. The molecule has 1 aliphatic heterocycles. The number of rotatable bonds is 5. The van der Waals surface area contributed by atoms with E-state index in [1.165, 1.54) is 12.1 Å². The number of hydrogen-bond donors (Lipinski definition) is 1. The number of nitrogens with one attached hydrogen (secondary N) is 1. The van der Waals surface area contributed by atoms with E-state index in [2.05, 4.69) is 10.4 Å². The molecule has 0 spiro atoms. The van der Waals surface area contributed by atoms with Crippen LogP contribution in [-0.2, 0) is 18.3 Å². The van der Waals surface area contributed by atoms with E-state index in [0.717, 1.165) is 38.9 Å². The Bertz CT molecular complexity index is 382. The van der Waals surface area contributed by atoms with Gasteiger partial charge in [-0.3, -0.25) is 9.48 Å². The molecule has 0 bridgehead atoms. The number of piperidine rings is 1. The molecule has 18 heavy (non-hydrogen) atoms. The molecular weight excluding hydrogens is 228 g/mol. The van der Waals surface area contributed by atoms with E-state index in [-0.39, 0.29) is 5.91 Å². The van der Waals surface area contributed by atoms with Crippen LogP contribution >= 0.6 is 0 Å². The highest BCUT2D eigenvalue weighted by atomic mass is 16.2. The number of hydrogen-bond acceptors (Lipinski definition) is 3. The van der Waals surface area contributed by atoms with Crippen LogP contribution in [0, 0.1) is 0 Å². The van der Waals surface area contributed by atoms with Crippen molar-refractivity contribution in [1.82, 2.24) is 20.0 Å². The van der Waals surface area contributed by atoms with Crippen molar-refractivity contribution in [1.29, 1.82) is 0 Å². The van der Waals surface area contributed by atoms with Crippen LogP contribution in [0.25, 0.3) is 0 Å². The lowest BCUT2D eigenvalue weighted by molar-refractivity contribution is -0.131. The van der Waals surface area contributed by atoms with E-state index in [4.69, 9.17) is 0 Å². The van der Waals surface area contributed by atoms with Gasteiger partial charge in [0.1, 0.15) is 0 Å². The maximum Gasteiger partial charge on any atom is 0.236 e. The lowest BCUT2D eigenvalue weighted by Crippen LogP contribution is -2.41. The smallest absolute Gasteiger partial charge is 0.236 e. The number of amides is 1. The molecule has 0 atom stereocenters. The van der Waals surface area contributed by atoms with Crippen molar-refractivity contribution in [2.45, 2.75) is 25.7 Å². The summed E-state index contributed by atoms with van der Waals surface area (Å²) in [5.41, 5.74) is 1.19. The normalized spacial score (nSPS) is 15.9. The van der Waals surface area contributed by atoms with Crippen LogP contribution in [0.15, 0.2) is 12.3 Å². The Morgan fingerprint density at radius 1 is 1.39 bits per heavy atom. The van der Waals surface area contributed by atoms with Crippen molar-refractivity contribution in [3.8, 4) is 0 Å². The largest absolute Gasteiger partial charge is 0.342 e. The van der Waals surface area contributed by atoms with E-state index in [9.17, 15) is 4.79 Å². The first-order valence-electron chi connectivity index (χ1n) is 6.73. The number of nitrogens with zero attached hydrogens (tertiary/aromatic N) is 3. The Morgan fingerprint density at radius 3 is 2.83 bits per heavy atom. The van der Waals surface area contributed by atoms with Gasteiger partial charge in [0.05, 0.1) is 6.54 Å². The van der Waals surface area contributed by atoms with Crippen LogP contribution < -0.4 is 5.32 Å². The monoisotopic (exact) mass is 250 g/mol. The molecule has 2 rings (SSSR count). The Kier molecular flexibility index (Phi) is 4.75. The quantitative estimate of drug-likeness (QED) is 0.777. The number of aryl methyl sites for hydroxylation is 1. The molecule has 5 nitrogen and oxygen atoms in total. The third kappa shape index (κ3) is 3.57. The molecule has 1 aromatic rings. The summed E-state index contributed by atoms with van der Waals surface area (Å²) in [5, 5.41) is 7.33. The lowest BCUT2D eigenvalue weighted by atomic mass is 10.1. The Labute approximate surface area is 108 Å². The zero-order chi connectivity index (χ0) is 12.8. The summed E-state index contributed by atoms with van der Waals surface area (Å²) in [6, 6.07) is 2.01. The third-order valence-corrected chi connectivity index (χ3v) is 3.47. The zero-order valence-corrected chi connectivity index (χ0v) is 11.1. The molecule has 1 aliphatic rings. The summed E-state index contributed by atoms with van der Waals surface area (Å²) in [6.45, 7) is 3.14. The molecule has 2 heterocycles. The summed E-state index contributed by atoms with van der Waals surface area (Å²) >= 11 is 0. The van der Waals surface area contributed by atoms with Gasteiger partial charge in [-0.25, -0.2) is 0 Å². The predicted molar refractivity (Wildman–Crippen MR) is 70.2 cm³/mol. The molecule has 0 aliphatic carbocycles. The number of aromatic nitrogens is 2. The van der Waals surface area contributed by atoms with Gasteiger partial charge in [0.25, 0.3) is 0 Å². The van der Waals surface area contributed by atoms with Crippen molar-refractivity contribution in [2.24, 2.45) is 7.05 Å². The maximum absolute atomic E-state index is 11.9. The maximum atomic E-state index is 11.9. The first-order valence-corrected chi connectivity index (χ1v) is 6.73. The summed E-state index contributed by atoms with van der Waals surface area (Å²) in [4.78, 5) is 13.8. The highest BCUT2D eigenvalue weighted by Gasteiger charge is 2.15. The molecule has 5 heteroatoms. The van der Waals surface area contributed by atoms with Crippen LogP contribution in [-0.4, -0.2) is 46.8 Å². The van der Waals surface area contributed by atoms with Crippen molar-refractivity contribution >= 4 is 5.91 Å². The molecule has 1 fully saturated rings. The van der Waals surface area contributed by atoms with Gasteiger partial charge in [-0.05, 0) is 25.3 Å². The van der Waals surface area contributed by atoms with Gasteiger partial charge < -0.3 is 10.2 Å². The van der Waals surface area contributed by atoms with E-state index in [1.54, 1.807) is 6.20 Å². The van der Waals surface area contributed by atoms with E-state index >= 15 is 0 Å². The number of carbonyl (C=O) groups is 1. The van der Waals surface area contributed by atoms with Crippen molar-refractivity contribution in [2.75, 3.05) is 26.2 Å². The Morgan fingerprint density at radius 2 is 2.17 bits per heavy atom. The van der Waals surface area contributed by atoms with Crippen molar-refractivity contribution < 1.29 is 4.79 Å².